The van der Waals surface area contributed by atoms with Crippen LogP contribution in [-0.2, 0) is 13.1 Å². The standard InChI is InChI=1S/C11H11F3N4O/c12-8-3-10(14)11(4-9(8)13)15-5-7-6-18(1-2-19)17-16-7/h3-4,6,15,19H,1-2,5H2. The van der Waals surface area contributed by atoms with E-state index in [1.807, 2.05) is 0 Å². The second-order valence-electron chi connectivity index (χ2n) is 3.80. The van der Waals surface area contributed by atoms with Crippen LogP contribution in [0.4, 0.5) is 18.9 Å². The predicted octanol–water partition coefficient (Wildman–Crippen LogP) is 1.30. The van der Waals surface area contributed by atoms with Gasteiger partial charge in [0.25, 0.3) is 0 Å². The van der Waals surface area contributed by atoms with Crippen molar-refractivity contribution in [1.82, 2.24) is 15.0 Å². The third-order valence-corrected chi connectivity index (χ3v) is 2.39. The molecular weight excluding hydrogens is 261 g/mol. The summed E-state index contributed by atoms with van der Waals surface area (Å²) in [5, 5.41) is 18.8. The Morgan fingerprint density at radius 2 is 1.89 bits per heavy atom. The van der Waals surface area contributed by atoms with Crippen LogP contribution in [0.2, 0.25) is 0 Å². The Bertz CT molecular complexity index is 573. The summed E-state index contributed by atoms with van der Waals surface area (Å²) in [4.78, 5) is 0. The number of benzene rings is 1. The Kier molecular flexibility index (Phi) is 4.00. The van der Waals surface area contributed by atoms with E-state index < -0.39 is 17.5 Å². The number of nitrogens with zero attached hydrogens (tertiary/aromatic N) is 3. The second kappa shape index (κ2) is 5.70. The fourth-order valence-electron chi connectivity index (χ4n) is 1.48. The van der Waals surface area contributed by atoms with Gasteiger partial charge in [-0.25, -0.2) is 17.9 Å². The van der Waals surface area contributed by atoms with Gasteiger partial charge in [0.15, 0.2) is 11.6 Å². The van der Waals surface area contributed by atoms with E-state index in [-0.39, 0.29) is 18.8 Å². The summed E-state index contributed by atoms with van der Waals surface area (Å²) in [6, 6.07) is 1.21. The van der Waals surface area contributed by atoms with Gasteiger partial charge in [-0.3, -0.25) is 0 Å². The van der Waals surface area contributed by atoms with Crippen LogP contribution in [0, 0.1) is 17.5 Å². The van der Waals surface area contributed by atoms with Gasteiger partial charge in [0.05, 0.1) is 31.6 Å². The molecule has 0 saturated heterocycles. The van der Waals surface area contributed by atoms with Gasteiger partial charge in [-0.1, -0.05) is 5.21 Å². The third-order valence-electron chi connectivity index (χ3n) is 2.39. The Morgan fingerprint density at radius 1 is 1.16 bits per heavy atom. The highest BCUT2D eigenvalue weighted by Crippen LogP contribution is 2.18. The first-order chi connectivity index (χ1) is 9.10. The molecule has 0 radical (unpaired) electrons. The lowest BCUT2D eigenvalue weighted by Gasteiger charge is -2.06. The predicted molar refractivity (Wildman–Crippen MR) is 60.8 cm³/mol. The molecule has 0 aliphatic rings. The number of hydrogen-bond donors (Lipinski definition) is 2. The summed E-state index contributed by atoms with van der Waals surface area (Å²) in [6.45, 7) is 0.327. The van der Waals surface area contributed by atoms with Crippen molar-refractivity contribution in [2.75, 3.05) is 11.9 Å². The van der Waals surface area contributed by atoms with Gasteiger partial charge < -0.3 is 10.4 Å². The summed E-state index contributed by atoms with van der Waals surface area (Å²) >= 11 is 0. The third kappa shape index (κ3) is 3.22. The summed E-state index contributed by atoms with van der Waals surface area (Å²) in [5.41, 5.74) is 0.327. The van der Waals surface area contributed by atoms with Gasteiger partial charge in [-0.2, -0.15) is 0 Å². The molecule has 8 heteroatoms. The molecule has 0 bridgehead atoms. The first-order valence-corrected chi connectivity index (χ1v) is 5.48. The highest BCUT2D eigenvalue weighted by molar-refractivity contribution is 5.45. The molecule has 0 spiro atoms. The lowest BCUT2D eigenvalue weighted by molar-refractivity contribution is 0.268. The van der Waals surface area contributed by atoms with E-state index in [0.717, 1.165) is 6.07 Å². The van der Waals surface area contributed by atoms with Crippen LogP contribution in [0.25, 0.3) is 0 Å². The molecule has 2 N–H and O–H groups in total. The zero-order chi connectivity index (χ0) is 13.8. The molecule has 1 aromatic carbocycles. The van der Waals surface area contributed by atoms with Gasteiger partial charge in [0, 0.05) is 12.1 Å². The number of aliphatic hydroxyl groups is 1. The Labute approximate surface area is 106 Å². The first kappa shape index (κ1) is 13.3. The number of hydrogen-bond acceptors (Lipinski definition) is 4. The van der Waals surface area contributed by atoms with Gasteiger partial charge in [-0.15, -0.1) is 5.10 Å². The topological polar surface area (TPSA) is 63.0 Å². The molecule has 19 heavy (non-hydrogen) atoms. The van der Waals surface area contributed by atoms with E-state index in [1.54, 1.807) is 6.20 Å². The summed E-state index contributed by atoms with van der Waals surface area (Å²) < 4.78 is 40.4. The SMILES string of the molecule is OCCn1cc(CNc2cc(F)c(F)cc2F)nn1. The van der Waals surface area contributed by atoms with Crippen molar-refractivity contribution in [2.24, 2.45) is 0 Å². The van der Waals surface area contributed by atoms with Crippen LogP contribution < -0.4 is 5.32 Å². The lowest BCUT2D eigenvalue weighted by Crippen LogP contribution is -2.04. The molecule has 0 saturated carbocycles. The molecule has 2 rings (SSSR count). The highest BCUT2D eigenvalue weighted by atomic mass is 19.2. The fraction of sp³-hybridized carbons (Fsp3) is 0.273. The number of rotatable bonds is 5. The Morgan fingerprint density at radius 3 is 2.63 bits per heavy atom. The lowest BCUT2D eigenvalue weighted by atomic mass is 10.2. The van der Waals surface area contributed by atoms with Crippen molar-refractivity contribution >= 4 is 5.69 Å². The van der Waals surface area contributed by atoms with Gasteiger partial charge in [0.1, 0.15) is 11.5 Å². The number of aliphatic hydroxyl groups excluding tert-OH is 1. The average Bonchev–Trinajstić information content (AvgIpc) is 2.80. The molecule has 0 atom stereocenters. The fourth-order valence-corrected chi connectivity index (χ4v) is 1.48. The number of aromatic nitrogens is 3. The molecule has 0 aliphatic carbocycles. The monoisotopic (exact) mass is 272 g/mol. The Hall–Kier alpha value is -2.09. The maximum absolute atomic E-state index is 13.3. The molecule has 2 aromatic rings. The van der Waals surface area contributed by atoms with E-state index >= 15 is 0 Å². The molecule has 1 aromatic heterocycles. The van der Waals surface area contributed by atoms with E-state index in [0.29, 0.717) is 18.3 Å². The van der Waals surface area contributed by atoms with Gasteiger partial charge >= 0.3 is 0 Å². The summed E-state index contributed by atoms with van der Waals surface area (Å²) in [5.74, 6) is -3.26. The number of anilines is 1. The van der Waals surface area contributed by atoms with E-state index in [4.69, 9.17) is 5.11 Å². The second-order valence-corrected chi connectivity index (χ2v) is 3.80. The van der Waals surface area contributed by atoms with Crippen LogP contribution >= 0.6 is 0 Å². The van der Waals surface area contributed by atoms with E-state index in [2.05, 4.69) is 15.6 Å². The van der Waals surface area contributed by atoms with Crippen LogP contribution in [0.3, 0.4) is 0 Å². The smallest absolute Gasteiger partial charge is 0.161 e. The van der Waals surface area contributed by atoms with E-state index in [9.17, 15) is 13.2 Å². The molecule has 0 aliphatic heterocycles. The van der Waals surface area contributed by atoms with Crippen LogP contribution in [-0.4, -0.2) is 26.7 Å². The van der Waals surface area contributed by atoms with E-state index in [1.165, 1.54) is 4.68 Å². The first-order valence-electron chi connectivity index (χ1n) is 5.48. The van der Waals surface area contributed by atoms with Crippen molar-refractivity contribution in [3.63, 3.8) is 0 Å². The molecule has 1 heterocycles. The molecule has 102 valence electrons. The summed E-state index contributed by atoms with van der Waals surface area (Å²) in [7, 11) is 0. The van der Waals surface area contributed by atoms with Crippen molar-refractivity contribution in [1.29, 1.82) is 0 Å². The zero-order valence-corrected chi connectivity index (χ0v) is 9.78. The van der Waals surface area contributed by atoms with Crippen LogP contribution in [0.15, 0.2) is 18.3 Å². The average molecular weight is 272 g/mol. The highest BCUT2D eigenvalue weighted by Gasteiger charge is 2.10. The minimum Gasteiger partial charge on any atom is -0.394 e. The normalized spacial score (nSPS) is 10.7. The minimum absolute atomic E-state index is 0.0754. The zero-order valence-electron chi connectivity index (χ0n) is 9.78. The van der Waals surface area contributed by atoms with Crippen molar-refractivity contribution in [3.8, 4) is 0 Å². The van der Waals surface area contributed by atoms with Gasteiger partial charge in [0.2, 0.25) is 0 Å². The van der Waals surface area contributed by atoms with Crippen molar-refractivity contribution < 1.29 is 18.3 Å². The number of halogens is 3. The largest absolute Gasteiger partial charge is 0.394 e. The molecular formula is C11H11F3N4O. The maximum Gasteiger partial charge on any atom is 0.161 e. The Balaban J connectivity index is 2.03. The van der Waals surface area contributed by atoms with Crippen molar-refractivity contribution in [2.45, 2.75) is 13.1 Å². The molecule has 0 fully saturated rings. The number of nitrogens with one attached hydrogen (secondary N) is 1. The van der Waals surface area contributed by atoms with Gasteiger partial charge in [-0.05, 0) is 0 Å². The summed E-state index contributed by atoms with van der Waals surface area (Å²) in [6.07, 6.45) is 1.56. The molecule has 5 nitrogen and oxygen atoms in total. The van der Waals surface area contributed by atoms with Crippen LogP contribution in [0.1, 0.15) is 5.69 Å². The van der Waals surface area contributed by atoms with Crippen molar-refractivity contribution in [3.05, 3.63) is 41.5 Å². The van der Waals surface area contributed by atoms with Crippen LogP contribution in [0.5, 0.6) is 0 Å². The minimum atomic E-state index is -1.24. The molecule has 0 amide bonds. The quantitative estimate of drug-likeness (QED) is 0.805. The maximum atomic E-state index is 13.3. The molecule has 0 unspecified atom stereocenters.